The summed E-state index contributed by atoms with van der Waals surface area (Å²) >= 11 is 0. The third kappa shape index (κ3) is 4.42. The fourth-order valence-electron chi connectivity index (χ4n) is 1.61. The summed E-state index contributed by atoms with van der Waals surface area (Å²) in [4.78, 5) is 0. The highest BCUT2D eigenvalue weighted by molar-refractivity contribution is 7.88. The van der Waals surface area contributed by atoms with Crippen LogP contribution in [0.1, 0.15) is 40.5 Å². The van der Waals surface area contributed by atoms with Crippen LogP contribution in [0.5, 0.6) is 0 Å². The van der Waals surface area contributed by atoms with E-state index in [1.165, 1.54) is 6.26 Å². The van der Waals surface area contributed by atoms with Gasteiger partial charge in [-0.05, 0) is 18.8 Å². The molecule has 0 aromatic heterocycles. The molecule has 0 amide bonds. The van der Waals surface area contributed by atoms with Crippen molar-refractivity contribution in [3.8, 4) is 0 Å². The Morgan fingerprint density at radius 1 is 1.14 bits per heavy atom. The molecule has 0 radical (unpaired) electrons. The van der Waals surface area contributed by atoms with E-state index in [-0.39, 0.29) is 6.04 Å². The van der Waals surface area contributed by atoms with Crippen molar-refractivity contribution in [3.63, 3.8) is 0 Å². The van der Waals surface area contributed by atoms with E-state index in [0.717, 1.165) is 12.8 Å². The molecule has 0 bridgehead atoms. The Kier molecular flexibility index (Phi) is 5.67. The predicted molar refractivity (Wildman–Crippen MR) is 60.8 cm³/mol. The maximum atomic E-state index is 11.6. The fourth-order valence-corrected chi connectivity index (χ4v) is 3.02. The van der Waals surface area contributed by atoms with Crippen LogP contribution < -0.4 is 0 Å². The molecule has 3 nitrogen and oxygen atoms in total. The lowest BCUT2D eigenvalue weighted by Crippen LogP contribution is -2.41. The number of rotatable bonds is 6. The molecule has 0 spiro atoms. The van der Waals surface area contributed by atoms with Gasteiger partial charge in [-0.1, -0.05) is 27.7 Å². The van der Waals surface area contributed by atoms with Gasteiger partial charge in [-0.25, -0.2) is 8.42 Å². The van der Waals surface area contributed by atoms with Gasteiger partial charge in [-0.15, -0.1) is 0 Å². The number of hydrogen-bond donors (Lipinski definition) is 0. The van der Waals surface area contributed by atoms with E-state index in [2.05, 4.69) is 0 Å². The highest BCUT2D eigenvalue weighted by atomic mass is 32.2. The molecule has 0 fully saturated rings. The first kappa shape index (κ1) is 13.9. The smallest absolute Gasteiger partial charge is 0.211 e. The van der Waals surface area contributed by atoms with Gasteiger partial charge >= 0.3 is 0 Å². The zero-order chi connectivity index (χ0) is 11.4. The SMILES string of the molecule is CCC(CC)N(CC(C)C)S(C)(=O)=O. The van der Waals surface area contributed by atoms with Crippen molar-refractivity contribution >= 4 is 10.0 Å². The van der Waals surface area contributed by atoms with Crippen LogP contribution in [-0.2, 0) is 10.0 Å². The van der Waals surface area contributed by atoms with Gasteiger partial charge in [0.2, 0.25) is 10.0 Å². The van der Waals surface area contributed by atoms with E-state index in [4.69, 9.17) is 0 Å². The summed E-state index contributed by atoms with van der Waals surface area (Å²) in [6.45, 7) is 8.78. The molecule has 0 rings (SSSR count). The second kappa shape index (κ2) is 5.71. The van der Waals surface area contributed by atoms with Gasteiger partial charge in [-0.3, -0.25) is 0 Å². The van der Waals surface area contributed by atoms with Crippen LogP contribution in [0.3, 0.4) is 0 Å². The van der Waals surface area contributed by atoms with Crippen molar-refractivity contribution in [1.82, 2.24) is 4.31 Å². The third-order valence-corrected chi connectivity index (χ3v) is 3.62. The molecule has 14 heavy (non-hydrogen) atoms. The largest absolute Gasteiger partial charge is 0.212 e. The highest BCUT2D eigenvalue weighted by Gasteiger charge is 2.24. The van der Waals surface area contributed by atoms with Crippen LogP contribution >= 0.6 is 0 Å². The minimum absolute atomic E-state index is 0.160. The minimum Gasteiger partial charge on any atom is -0.212 e. The standard InChI is InChI=1S/C10H23NO2S/c1-6-10(7-2)11(8-9(3)4)14(5,12)13/h9-10H,6-8H2,1-5H3. The molecule has 0 aliphatic rings. The lowest BCUT2D eigenvalue weighted by atomic mass is 10.1. The van der Waals surface area contributed by atoms with Gasteiger partial charge < -0.3 is 0 Å². The molecule has 0 aromatic rings. The Labute approximate surface area is 88.5 Å². The van der Waals surface area contributed by atoms with Crippen molar-refractivity contribution in [2.45, 2.75) is 46.6 Å². The summed E-state index contributed by atoms with van der Waals surface area (Å²) in [5, 5.41) is 0. The number of nitrogens with zero attached hydrogens (tertiary/aromatic N) is 1. The molecular weight excluding hydrogens is 198 g/mol. The first-order valence-corrected chi connectivity index (χ1v) is 7.14. The quantitative estimate of drug-likeness (QED) is 0.689. The van der Waals surface area contributed by atoms with Gasteiger partial charge in [0.25, 0.3) is 0 Å². The van der Waals surface area contributed by atoms with Crippen LogP contribution in [-0.4, -0.2) is 31.6 Å². The van der Waals surface area contributed by atoms with Crippen molar-refractivity contribution < 1.29 is 8.42 Å². The monoisotopic (exact) mass is 221 g/mol. The molecule has 0 aliphatic heterocycles. The van der Waals surface area contributed by atoms with Crippen molar-refractivity contribution in [2.24, 2.45) is 5.92 Å². The average Bonchev–Trinajstić information content (AvgIpc) is 2.02. The average molecular weight is 221 g/mol. The highest BCUT2D eigenvalue weighted by Crippen LogP contribution is 2.14. The van der Waals surface area contributed by atoms with Gasteiger partial charge in [0.05, 0.1) is 6.26 Å². The van der Waals surface area contributed by atoms with Crippen LogP contribution in [0.15, 0.2) is 0 Å². The first-order valence-electron chi connectivity index (χ1n) is 5.29. The van der Waals surface area contributed by atoms with Crippen molar-refractivity contribution in [3.05, 3.63) is 0 Å². The molecule has 0 atom stereocenters. The van der Waals surface area contributed by atoms with Crippen molar-refractivity contribution in [2.75, 3.05) is 12.8 Å². The molecule has 0 aromatic carbocycles. The summed E-state index contributed by atoms with van der Waals surface area (Å²) < 4.78 is 24.7. The third-order valence-electron chi connectivity index (χ3n) is 2.32. The van der Waals surface area contributed by atoms with Gasteiger partial charge in [0.1, 0.15) is 0 Å². The van der Waals surface area contributed by atoms with E-state index in [1.54, 1.807) is 4.31 Å². The number of sulfonamides is 1. The summed E-state index contributed by atoms with van der Waals surface area (Å²) in [5.74, 6) is 0.380. The van der Waals surface area contributed by atoms with Crippen LogP contribution in [0.25, 0.3) is 0 Å². The summed E-state index contributed by atoms with van der Waals surface area (Å²) in [7, 11) is -3.05. The lowest BCUT2D eigenvalue weighted by molar-refractivity contribution is 0.278. The first-order chi connectivity index (χ1) is 6.32. The minimum atomic E-state index is -3.05. The molecule has 0 saturated carbocycles. The maximum absolute atomic E-state index is 11.6. The molecule has 0 aliphatic carbocycles. The normalized spacial score (nSPS) is 13.1. The zero-order valence-electron chi connectivity index (χ0n) is 9.95. The predicted octanol–water partition coefficient (Wildman–Crippen LogP) is 2.09. The Morgan fingerprint density at radius 2 is 1.57 bits per heavy atom. The van der Waals surface area contributed by atoms with E-state index >= 15 is 0 Å². The van der Waals surface area contributed by atoms with Crippen LogP contribution in [0.2, 0.25) is 0 Å². The Morgan fingerprint density at radius 3 is 1.79 bits per heavy atom. The second-order valence-electron chi connectivity index (χ2n) is 4.20. The van der Waals surface area contributed by atoms with Gasteiger partial charge in [0.15, 0.2) is 0 Å². The summed E-state index contributed by atoms with van der Waals surface area (Å²) in [5.41, 5.74) is 0. The van der Waals surface area contributed by atoms with Crippen LogP contribution in [0, 0.1) is 5.92 Å². The van der Waals surface area contributed by atoms with E-state index in [9.17, 15) is 8.42 Å². The van der Waals surface area contributed by atoms with Crippen LogP contribution in [0.4, 0.5) is 0 Å². The molecule has 0 heterocycles. The van der Waals surface area contributed by atoms with Gasteiger partial charge in [-0.2, -0.15) is 4.31 Å². The molecule has 4 heteroatoms. The topological polar surface area (TPSA) is 37.4 Å². The summed E-state index contributed by atoms with van der Waals surface area (Å²) in [6, 6.07) is 0.160. The Bertz CT molecular complexity index is 243. The van der Waals surface area contributed by atoms with E-state index in [0.29, 0.717) is 12.5 Å². The summed E-state index contributed by atoms with van der Waals surface area (Å²) in [6.07, 6.45) is 3.07. The molecule has 0 N–H and O–H groups in total. The molecular formula is C10H23NO2S. The van der Waals surface area contributed by atoms with E-state index < -0.39 is 10.0 Å². The maximum Gasteiger partial charge on any atom is 0.211 e. The Hall–Kier alpha value is -0.0900. The second-order valence-corrected chi connectivity index (χ2v) is 6.13. The molecule has 0 saturated heterocycles. The molecule has 0 unspecified atom stereocenters. The zero-order valence-corrected chi connectivity index (χ0v) is 10.8. The Balaban J connectivity index is 4.71. The molecule has 86 valence electrons. The lowest BCUT2D eigenvalue weighted by Gasteiger charge is -2.29. The van der Waals surface area contributed by atoms with Gasteiger partial charge in [0, 0.05) is 12.6 Å². The number of hydrogen-bond acceptors (Lipinski definition) is 2. The fraction of sp³-hybridized carbons (Fsp3) is 1.00. The van der Waals surface area contributed by atoms with E-state index in [1.807, 2.05) is 27.7 Å². The van der Waals surface area contributed by atoms with Crippen molar-refractivity contribution in [1.29, 1.82) is 0 Å².